The summed E-state index contributed by atoms with van der Waals surface area (Å²) in [6.07, 6.45) is -0.237. The van der Waals surface area contributed by atoms with Gasteiger partial charge in [0.15, 0.2) is 0 Å². The Balaban J connectivity index is 2.16. The van der Waals surface area contributed by atoms with Gasteiger partial charge in [-0.15, -0.1) is 0 Å². The van der Waals surface area contributed by atoms with E-state index < -0.39 is 16.3 Å². The minimum absolute atomic E-state index is 0.118. The molecule has 0 aromatic heterocycles. The first-order valence-electron chi connectivity index (χ1n) is 6.56. The van der Waals surface area contributed by atoms with Crippen molar-refractivity contribution < 1.29 is 23.0 Å². The molecule has 2 rings (SSSR count). The van der Waals surface area contributed by atoms with Crippen LogP contribution in [-0.4, -0.2) is 79.8 Å². The fourth-order valence-corrected chi connectivity index (χ4v) is 4.46. The average molecular weight is 294 g/mol. The van der Waals surface area contributed by atoms with Gasteiger partial charge in [0.2, 0.25) is 0 Å². The molecule has 2 aliphatic rings. The van der Waals surface area contributed by atoms with Crippen LogP contribution in [0.25, 0.3) is 0 Å². The Labute approximate surface area is 114 Å². The molecule has 2 fully saturated rings. The first kappa shape index (κ1) is 15.1. The van der Waals surface area contributed by atoms with Crippen molar-refractivity contribution in [2.24, 2.45) is 0 Å². The molecule has 3 atom stereocenters. The third-order valence-electron chi connectivity index (χ3n) is 3.39. The largest absolute Gasteiger partial charge is 0.395 e. The van der Waals surface area contributed by atoms with Gasteiger partial charge < -0.3 is 14.6 Å². The molecule has 2 heterocycles. The fraction of sp³-hybridized carbons (Fsp3) is 1.00. The quantitative estimate of drug-likeness (QED) is 0.725. The predicted molar refractivity (Wildman–Crippen MR) is 68.9 cm³/mol. The molecule has 112 valence electrons. The molecule has 1 N–H and O–H groups in total. The molecule has 0 aromatic rings. The standard InChI is InChI=1S/C11H22N2O5S/c1-9-5-12(6-10(2)18-9)19(15,16)13-3-4-17-8-11(13)7-14/h9-11,14H,3-8H2,1-2H3. The van der Waals surface area contributed by atoms with E-state index in [1.165, 1.54) is 8.61 Å². The van der Waals surface area contributed by atoms with Gasteiger partial charge in [0.25, 0.3) is 10.2 Å². The van der Waals surface area contributed by atoms with E-state index in [4.69, 9.17) is 9.47 Å². The maximum atomic E-state index is 12.6. The number of hydrogen-bond acceptors (Lipinski definition) is 5. The van der Waals surface area contributed by atoms with Gasteiger partial charge in [-0.3, -0.25) is 0 Å². The van der Waals surface area contributed by atoms with Crippen molar-refractivity contribution in [3.05, 3.63) is 0 Å². The highest BCUT2D eigenvalue weighted by Crippen LogP contribution is 2.20. The van der Waals surface area contributed by atoms with Gasteiger partial charge >= 0.3 is 0 Å². The van der Waals surface area contributed by atoms with E-state index in [9.17, 15) is 13.5 Å². The van der Waals surface area contributed by atoms with Crippen LogP contribution in [0, 0.1) is 0 Å². The number of hydrogen-bond donors (Lipinski definition) is 1. The molecule has 0 saturated carbocycles. The minimum Gasteiger partial charge on any atom is -0.395 e. The molecule has 0 amide bonds. The van der Waals surface area contributed by atoms with Gasteiger partial charge in [-0.2, -0.15) is 17.0 Å². The normalized spacial score (nSPS) is 35.4. The molecule has 19 heavy (non-hydrogen) atoms. The summed E-state index contributed by atoms with van der Waals surface area (Å²) < 4.78 is 38.8. The van der Waals surface area contributed by atoms with Gasteiger partial charge in [0, 0.05) is 19.6 Å². The number of aliphatic hydroxyl groups is 1. The molecule has 3 unspecified atom stereocenters. The predicted octanol–water partition coefficient (Wildman–Crippen LogP) is -0.966. The summed E-state index contributed by atoms with van der Waals surface area (Å²) in [5.74, 6) is 0. The second kappa shape index (κ2) is 6.02. The van der Waals surface area contributed by atoms with E-state index in [2.05, 4.69) is 0 Å². The van der Waals surface area contributed by atoms with Crippen molar-refractivity contribution in [1.29, 1.82) is 0 Å². The number of morpholine rings is 2. The lowest BCUT2D eigenvalue weighted by atomic mass is 10.3. The summed E-state index contributed by atoms with van der Waals surface area (Å²) in [4.78, 5) is 0. The van der Waals surface area contributed by atoms with Crippen LogP contribution in [0.15, 0.2) is 0 Å². The van der Waals surface area contributed by atoms with Crippen LogP contribution < -0.4 is 0 Å². The van der Waals surface area contributed by atoms with Crippen molar-refractivity contribution in [2.45, 2.75) is 32.1 Å². The van der Waals surface area contributed by atoms with E-state index >= 15 is 0 Å². The molecule has 0 aliphatic carbocycles. The Morgan fingerprint density at radius 1 is 1.26 bits per heavy atom. The zero-order valence-corrected chi connectivity index (χ0v) is 12.2. The second-order valence-corrected chi connectivity index (χ2v) is 6.99. The van der Waals surface area contributed by atoms with Gasteiger partial charge in [-0.1, -0.05) is 0 Å². The zero-order valence-electron chi connectivity index (χ0n) is 11.4. The van der Waals surface area contributed by atoms with Crippen LogP contribution in [0.2, 0.25) is 0 Å². The Bertz CT molecular complexity index is 392. The smallest absolute Gasteiger partial charge is 0.282 e. The highest BCUT2D eigenvalue weighted by molar-refractivity contribution is 7.86. The summed E-state index contributed by atoms with van der Waals surface area (Å²) in [6, 6.07) is -0.493. The lowest BCUT2D eigenvalue weighted by Gasteiger charge is -2.40. The molecule has 2 aliphatic heterocycles. The first-order valence-corrected chi connectivity index (χ1v) is 7.96. The highest BCUT2D eigenvalue weighted by Gasteiger charge is 2.39. The van der Waals surface area contributed by atoms with Gasteiger partial charge in [-0.25, -0.2) is 0 Å². The maximum absolute atomic E-state index is 12.6. The van der Waals surface area contributed by atoms with Crippen LogP contribution in [0.1, 0.15) is 13.8 Å². The van der Waals surface area contributed by atoms with Crippen molar-refractivity contribution in [3.63, 3.8) is 0 Å². The Morgan fingerprint density at radius 2 is 1.89 bits per heavy atom. The molecule has 0 aromatic carbocycles. The van der Waals surface area contributed by atoms with E-state index in [1.807, 2.05) is 13.8 Å². The molecule has 2 saturated heterocycles. The van der Waals surface area contributed by atoms with E-state index in [0.29, 0.717) is 19.7 Å². The van der Waals surface area contributed by atoms with Gasteiger partial charge in [0.1, 0.15) is 0 Å². The number of ether oxygens (including phenoxy) is 2. The van der Waals surface area contributed by atoms with Crippen LogP contribution in [0.3, 0.4) is 0 Å². The van der Waals surface area contributed by atoms with Crippen molar-refractivity contribution in [2.75, 3.05) is 39.5 Å². The lowest BCUT2D eigenvalue weighted by molar-refractivity contribution is -0.0485. The van der Waals surface area contributed by atoms with Crippen LogP contribution >= 0.6 is 0 Å². The van der Waals surface area contributed by atoms with Gasteiger partial charge in [-0.05, 0) is 13.8 Å². The van der Waals surface area contributed by atoms with Crippen molar-refractivity contribution >= 4 is 10.2 Å². The summed E-state index contributed by atoms with van der Waals surface area (Å²) >= 11 is 0. The summed E-state index contributed by atoms with van der Waals surface area (Å²) in [7, 11) is -3.57. The first-order chi connectivity index (χ1) is 8.95. The van der Waals surface area contributed by atoms with E-state index in [0.717, 1.165) is 0 Å². The molecule has 7 nitrogen and oxygen atoms in total. The third kappa shape index (κ3) is 3.26. The Hall–Kier alpha value is -0.250. The number of nitrogens with zero attached hydrogens (tertiary/aromatic N) is 2. The summed E-state index contributed by atoms with van der Waals surface area (Å²) in [6.45, 7) is 5.09. The highest BCUT2D eigenvalue weighted by atomic mass is 32.2. The van der Waals surface area contributed by atoms with Crippen LogP contribution in [-0.2, 0) is 19.7 Å². The van der Waals surface area contributed by atoms with E-state index in [-0.39, 0.29) is 32.0 Å². The molecular weight excluding hydrogens is 272 g/mol. The van der Waals surface area contributed by atoms with E-state index in [1.54, 1.807) is 0 Å². The zero-order chi connectivity index (χ0) is 14.0. The van der Waals surface area contributed by atoms with Crippen LogP contribution in [0.5, 0.6) is 0 Å². The van der Waals surface area contributed by atoms with Crippen molar-refractivity contribution in [3.8, 4) is 0 Å². The fourth-order valence-electron chi connectivity index (χ4n) is 2.55. The second-order valence-electron chi connectivity index (χ2n) is 5.10. The maximum Gasteiger partial charge on any atom is 0.282 e. The van der Waals surface area contributed by atoms with Gasteiger partial charge in [0.05, 0.1) is 38.1 Å². The monoisotopic (exact) mass is 294 g/mol. The molecule has 0 spiro atoms. The molecule has 0 bridgehead atoms. The minimum atomic E-state index is -3.57. The van der Waals surface area contributed by atoms with Crippen LogP contribution in [0.4, 0.5) is 0 Å². The average Bonchev–Trinajstić information content (AvgIpc) is 2.37. The Kier molecular flexibility index (Phi) is 4.80. The Morgan fingerprint density at radius 3 is 2.47 bits per heavy atom. The molecule has 0 radical (unpaired) electrons. The SMILES string of the molecule is CC1CN(S(=O)(=O)N2CCOCC2CO)CC(C)O1. The molecule has 8 heteroatoms. The number of rotatable bonds is 3. The summed E-state index contributed by atoms with van der Waals surface area (Å²) in [5, 5.41) is 9.30. The van der Waals surface area contributed by atoms with Crippen molar-refractivity contribution in [1.82, 2.24) is 8.61 Å². The number of aliphatic hydroxyl groups excluding tert-OH is 1. The lowest BCUT2D eigenvalue weighted by Crippen LogP contribution is -2.58. The summed E-state index contributed by atoms with van der Waals surface area (Å²) in [5.41, 5.74) is 0. The third-order valence-corrected chi connectivity index (χ3v) is 5.42. The topological polar surface area (TPSA) is 79.3 Å². The molecular formula is C11H22N2O5S.